The van der Waals surface area contributed by atoms with E-state index in [9.17, 15) is 4.39 Å². The van der Waals surface area contributed by atoms with Crippen LogP contribution in [0.2, 0.25) is 0 Å². The fourth-order valence-corrected chi connectivity index (χ4v) is 3.05. The summed E-state index contributed by atoms with van der Waals surface area (Å²) in [5, 5.41) is 15.2. The maximum Gasteiger partial charge on any atom is 0.157 e. The Morgan fingerprint density at radius 2 is 2.00 bits per heavy atom. The van der Waals surface area contributed by atoms with E-state index in [1.54, 1.807) is 22.8 Å². The van der Waals surface area contributed by atoms with Gasteiger partial charge in [-0.05, 0) is 43.2 Å². The van der Waals surface area contributed by atoms with Gasteiger partial charge in [0.05, 0.1) is 29.8 Å². The number of aromatic amines is 1. The highest BCUT2D eigenvalue weighted by Gasteiger charge is 2.26. The molecule has 0 radical (unpaired) electrons. The summed E-state index contributed by atoms with van der Waals surface area (Å²) in [7, 11) is 0. The van der Waals surface area contributed by atoms with Crippen molar-refractivity contribution < 1.29 is 4.39 Å². The molecular weight excluding hydrogens is 331 g/mol. The minimum atomic E-state index is -0.261. The van der Waals surface area contributed by atoms with E-state index in [-0.39, 0.29) is 5.82 Å². The highest BCUT2D eigenvalue weighted by molar-refractivity contribution is 5.66. The van der Waals surface area contributed by atoms with Gasteiger partial charge in [-0.25, -0.2) is 9.37 Å². The average Bonchev–Trinajstić information content (AvgIpc) is 3.20. The molecule has 5 rings (SSSR count). The van der Waals surface area contributed by atoms with Gasteiger partial charge in [-0.2, -0.15) is 14.7 Å². The van der Waals surface area contributed by atoms with Crippen LogP contribution in [-0.2, 0) is 6.54 Å². The summed E-state index contributed by atoms with van der Waals surface area (Å²) in [5.41, 5.74) is 4.54. The molecule has 26 heavy (non-hydrogen) atoms. The first-order valence-corrected chi connectivity index (χ1v) is 8.65. The van der Waals surface area contributed by atoms with E-state index in [0.717, 1.165) is 34.1 Å². The maximum absolute atomic E-state index is 13.2. The lowest BCUT2D eigenvalue weighted by molar-refractivity contribution is 0.628. The van der Waals surface area contributed by atoms with Gasteiger partial charge in [-0.15, -0.1) is 0 Å². The molecule has 4 aromatic rings. The third kappa shape index (κ3) is 2.81. The molecule has 2 N–H and O–H groups in total. The van der Waals surface area contributed by atoms with Crippen molar-refractivity contribution in [3.05, 3.63) is 65.9 Å². The molecule has 1 aliphatic carbocycles. The van der Waals surface area contributed by atoms with E-state index in [4.69, 9.17) is 0 Å². The molecule has 0 spiro atoms. The van der Waals surface area contributed by atoms with Gasteiger partial charge in [-0.1, -0.05) is 0 Å². The third-order valence-corrected chi connectivity index (χ3v) is 4.61. The quantitative estimate of drug-likeness (QED) is 0.576. The van der Waals surface area contributed by atoms with Crippen molar-refractivity contribution in [2.45, 2.75) is 25.3 Å². The van der Waals surface area contributed by atoms with Crippen LogP contribution in [0.5, 0.6) is 0 Å². The minimum absolute atomic E-state index is 0.261. The Morgan fingerprint density at radius 3 is 2.81 bits per heavy atom. The number of benzene rings is 1. The molecule has 130 valence electrons. The SMILES string of the molecule is Fc1ccc(-c2cc(NCc3cc(C4CC4)n[nH]3)n3nccc3n2)cc1. The molecule has 1 aromatic carbocycles. The van der Waals surface area contributed by atoms with Gasteiger partial charge in [-0.3, -0.25) is 5.10 Å². The predicted octanol–water partition coefficient (Wildman–Crippen LogP) is 3.75. The van der Waals surface area contributed by atoms with Gasteiger partial charge in [0, 0.05) is 23.6 Å². The highest BCUT2D eigenvalue weighted by Crippen LogP contribution is 2.39. The van der Waals surface area contributed by atoms with Crippen molar-refractivity contribution in [3.63, 3.8) is 0 Å². The first kappa shape index (κ1) is 15.1. The van der Waals surface area contributed by atoms with E-state index >= 15 is 0 Å². The minimum Gasteiger partial charge on any atom is -0.364 e. The Bertz CT molecular complexity index is 1060. The van der Waals surface area contributed by atoms with Crippen LogP contribution < -0.4 is 5.32 Å². The average molecular weight is 348 g/mol. The largest absolute Gasteiger partial charge is 0.364 e. The molecule has 1 aliphatic rings. The molecule has 0 amide bonds. The van der Waals surface area contributed by atoms with E-state index in [1.807, 2.05) is 12.1 Å². The number of H-pyrrole nitrogens is 1. The molecule has 3 heterocycles. The molecule has 6 nitrogen and oxygen atoms in total. The summed E-state index contributed by atoms with van der Waals surface area (Å²) in [6.45, 7) is 0.613. The fourth-order valence-electron chi connectivity index (χ4n) is 3.05. The fraction of sp³-hybridized carbons (Fsp3) is 0.211. The second-order valence-corrected chi connectivity index (χ2v) is 6.58. The first-order valence-electron chi connectivity index (χ1n) is 8.65. The zero-order valence-corrected chi connectivity index (χ0v) is 14.0. The Hall–Kier alpha value is -3.22. The zero-order valence-electron chi connectivity index (χ0n) is 14.0. The second kappa shape index (κ2) is 5.94. The van der Waals surface area contributed by atoms with E-state index < -0.39 is 0 Å². The Morgan fingerprint density at radius 1 is 1.15 bits per heavy atom. The standard InChI is InChI=1S/C19H17FN6/c20-14-5-3-12(4-6-14)16-10-19(26-18(23-16)7-8-22-26)21-11-15-9-17(25-24-15)13-1-2-13/h3-10,13,21H,1-2,11H2,(H,24,25). The molecule has 1 saturated carbocycles. The molecule has 0 aliphatic heterocycles. The molecule has 1 fully saturated rings. The summed E-state index contributed by atoms with van der Waals surface area (Å²) >= 11 is 0. The highest BCUT2D eigenvalue weighted by atomic mass is 19.1. The summed E-state index contributed by atoms with van der Waals surface area (Å²) in [4.78, 5) is 4.60. The number of rotatable bonds is 5. The second-order valence-electron chi connectivity index (χ2n) is 6.58. The van der Waals surface area contributed by atoms with Crippen LogP contribution in [0.1, 0.15) is 30.1 Å². The summed E-state index contributed by atoms with van der Waals surface area (Å²) in [5.74, 6) is 1.19. The van der Waals surface area contributed by atoms with Crippen molar-refractivity contribution in [3.8, 4) is 11.3 Å². The van der Waals surface area contributed by atoms with Crippen molar-refractivity contribution in [1.82, 2.24) is 24.8 Å². The number of nitrogens with one attached hydrogen (secondary N) is 2. The lowest BCUT2D eigenvalue weighted by atomic mass is 10.1. The summed E-state index contributed by atoms with van der Waals surface area (Å²) in [6.07, 6.45) is 4.18. The number of nitrogens with zero attached hydrogens (tertiary/aromatic N) is 4. The van der Waals surface area contributed by atoms with Crippen LogP contribution in [0, 0.1) is 5.82 Å². The van der Waals surface area contributed by atoms with E-state index in [2.05, 4.69) is 31.7 Å². The zero-order chi connectivity index (χ0) is 17.5. The van der Waals surface area contributed by atoms with E-state index in [1.165, 1.54) is 25.0 Å². The molecule has 0 saturated heterocycles. The number of anilines is 1. The van der Waals surface area contributed by atoms with Crippen LogP contribution in [-0.4, -0.2) is 24.8 Å². The Kier molecular flexibility index (Phi) is 3.44. The van der Waals surface area contributed by atoms with Gasteiger partial charge >= 0.3 is 0 Å². The van der Waals surface area contributed by atoms with Crippen LogP contribution in [0.4, 0.5) is 10.2 Å². The Balaban J connectivity index is 1.45. The number of aromatic nitrogens is 5. The maximum atomic E-state index is 13.2. The summed E-state index contributed by atoms with van der Waals surface area (Å²) in [6, 6.07) is 12.2. The molecule has 3 aromatic heterocycles. The van der Waals surface area contributed by atoms with E-state index in [0.29, 0.717) is 12.5 Å². The molecule has 7 heteroatoms. The van der Waals surface area contributed by atoms with Gasteiger partial charge in [0.2, 0.25) is 0 Å². The van der Waals surface area contributed by atoms with Crippen molar-refractivity contribution in [2.24, 2.45) is 0 Å². The normalized spacial score (nSPS) is 14.0. The van der Waals surface area contributed by atoms with Crippen molar-refractivity contribution in [2.75, 3.05) is 5.32 Å². The number of fused-ring (bicyclic) bond motifs is 1. The number of hydrogen-bond donors (Lipinski definition) is 2. The summed E-state index contributed by atoms with van der Waals surface area (Å²) < 4.78 is 15.0. The molecular formula is C19H17FN6. The van der Waals surface area contributed by atoms with Crippen molar-refractivity contribution >= 4 is 11.5 Å². The smallest absolute Gasteiger partial charge is 0.157 e. The molecule has 0 unspecified atom stereocenters. The Labute approximate surface area is 149 Å². The van der Waals surface area contributed by atoms with Crippen LogP contribution in [0.15, 0.2) is 48.7 Å². The van der Waals surface area contributed by atoms with Crippen molar-refractivity contribution in [1.29, 1.82) is 0 Å². The predicted molar refractivity (Wildman–Crippen MR) is 96.3 cm³/mol. The topological polar surface area (TPSA) is 70.9 Å². The lowest BCUT2D eigenvalue weighted by Gasteiger charge is -2.10. The van der Waals surface area contributed by atoms with Gasteiger partial charge in [0.1, 0.15) is 11.6 Å². The first-order chi connectivity index (χ1) is 12.8. The third-order valence-electron chi connectivity index (χ3n) is 4.61. The monoisotopic (exact) mass is 348 g/mol. The molecule has 0 atom stereocenters. The lowest BCUT2D eigenvalue weighted by Crippen LogP contribution is -2.07. The van der Waals surface area contributed by atoms with Gasteiger partial charge in [0.25, 0.3) is 0 Å². The van der Waals surface area contributed by atoms with Crippen LogP contribution in [0.25, 0.3) is 16.9 Å². The van der Waals surface area contributed by atoms with Crippen LogP contribution in [0.3, 0.4) is 0 Å². The number of hydrogen-bond acceptors (Lipinski definition) is 4. The van der Waals surface area contributed by atoms with Gasteiger partial charge in [0.15, 0.2) is 5.65 Å². The van der Waals surface area contributed by atoms with Gasteiger partial charge < -0.3 is 5.32 Å². The van der Waals surface area contributed by atoms with Crippen LogP contribution >= 0.6 is 0 Å². The number of halogens is 1. The molecule has 0 bridgehead atoms.